The van der Waals surface area contributed by atoms with Gasteiger partial charge in [0.2, 0.25) is 0 Å². The number of ether oxygens (including phenoxy) is 3. The molecule has 0 rings (SSSR count). The summed E-state index contributed by atoms with van der Waals surface area (Å²) in [5.74, 6) is -1.06. The van der Waals surface area contributed by atoms with Crippen LogP contribution in [0.3, 0.4) is 0 Å². The molecule has 7 nitrogen and oxygen atoms in total. The molecule has 1 unspecified atom stereocenters. The van der Waals surface area contributed by atoms with E-state index in [4.69, 9.17) is 9.47 Å². The molecule has 0 aliphatic carbocycles. The van der Waals surface area contributed by atoms with Crippen LogP contribution in [-0.2, 0) is 28.6 Å². The third-order valence-corrected chi connectivity index (χ3v) is 3.98. The minimum absolute atomic E-state index is 0. The Kier molecular flexibility index (Phi) is 15.5. The molecular weight excluding hydrogens is 348 g/mol. The van der Waals surface area contributed by atoms with Crippen molar-refractivity contribution in [3.63, 3.8) is 0 Å². The molecule has 0 aromatic heterocycles. The van der Waals surface area contributed by atoms with Gasteiger partial charge in [0.15, 0.2) is 0 Å². The van der Waals surface area contributed by atoms with Crippen LogP contribution in [0.4, 0.5) is 0 Å². The first-order valence-corrected chi connectivity index (χ1v) is 8.08. The Hall–Kier alpha value is -1.54. The average Bonchev–Trinajstić information content (AvgIpc) is 2.49. The van der Waals surface area contributed by atoms with Crippen LogP contribution < -0.4 is 0 Å². The average molecular weight is 381 g/mol. The predicted molar refractivity (Wildman–Crippen MR) is 99.3 cm³/mol. The highest BCUT2D eigenvalue weighted by Gasteiger charge is 2.28. The monoisotopic (exact) mass is 380 g/mol. The zero-order valence-corrected chi connectivity index (χ0v) is 14.7. The van der Waals surface area contributed by atoms with Gasteiger partial charge in [-0.05, 0) is 20.8 Å². The van der Waals surface area contributed by atoms with Gasteiger partial charge in [-0.3, -0.25) is 9.59 Å². The van der Waals surface area contributed by atoms with Crippen molar-refractivity contribution in [1.82, 2.24) is 0 Å². The highest BCUT2D eigenvalue weighted by molar-refractivity contribution is 7.99. The summed E-state index contributed by atoms with van der Waals surface area (Å²) in [5.41, 5.74) is -0.477. The molecule has 0 heterocycles. The Labute approximate surface area is 155 Å². The topological polar surface area (TPSA) is 99.1 Å². The largest absolute Gasteiger partial charge is 0.469 e. The van der Waals surface area contributed by atoms with Crippen molar-refractivity contribution in [3.8, 4) is 0 Å². The van der Waals surface area contributed by atoms with E-state index in [0.717, 1.165) is 0 Å². The number of hydrogen-bond acceptors (Lipinski definition) is 8. The van der Waals surface area contributed by atoms with Gasteiger partial charge in [-0.1, -0.05) is 21.4 Å². The van der Waals surface area contributed by atoms with E-state index in [0.29, 0.717) is 5.75 Å². The highest BCUT2D eigenvalue weighted by atomic mass is 32.2. The number of hydrogen-bond donors (Lipinski definition) is 1. The van der Waals surface area contributed by atoms with Gasteiger partial charge >= 0.3 is 17.9 Å². The van der Waals surface area contributed by atoms with Crippen molar-refractivity contribution >= 4 is 29.7 Å². The summed E-state index contributed by atoms with van der Waals surface area (Å²) in [4.78, 5) is 34.1. The molecule has 0 aliphatic rings. The minimum atomic E-state index is -1.10. The van der Waals surface area contributed by atoms with Crippen LogP contribution in [0.1, 0.15) is 35.6 Å². The van der Waals surface area contributed by atoms with E-state index in [1.807, 2.05) is 0 Å². The lowest BCUT2D eigenvalue weighted by Crippen LogP contribution is -2.29. The van der Waals surface area contributed by atoms with E-state index in [2.05, 4.69) is 11.3 Å². The van der Waals surface area contributed by atoms with Gasteiger partial charge in [-0.15, -0.1) is 11.8 Å². The van der Waals surface area contributed by atoms with Crippen LogP contribution in [0.5, 0.6) is 0 Å². The first kappa shape index (κ1) is 28.3. The van der Waals surface area contributed by atoms with Gasteiger partial charge in [0.25, 0.3) is 0 Å². The van der Waals surface area contributed by atoms with Crippen molar-refractivity contribution in [2.24, 2.45) is 5.41 Å². The predicted octanol–water partition coefficient (Wildman–Crippen LogP) is 2.21. The first-order chi connectivity index (χ1) is 10.6. The summed E-state index contributed by atoms with van der Waals surface area (Å²) >= 11 is 1.23. The number of methoxy groups -OCH3 is 1. The maximum atomic E-state index is 11.5. The van der Waals surface area contributed by atoms with Gasteiger partial charge in [0.05, 0.1) is 18.3 Å². The van der Waals surface area contributed by atoms with Gasteiger partial charge in [-0.25, -0.2) is 4.79 Å². The number of aliphatic hydroxyl groups is 1. The Balaban J connectivity index is -0.00000242. The smallest absolute Gasteiger partial charge is 0.333 e. The highest BCUT2D eigenvalue weighted by Crippen LogP contribution is 2.23. The number of rotatable bonds is 10. The van der Waals surface area contributed by atoms with Crippen molar-refractivity contribution in [1.29, 1.82) is 0 Å². The molecule has 0 aliphatic heterocycles. The lowest BCUT2D eigenvalue weighted by molar-refractivity contribution is -0.150. The fourth-order valence-corrected chi connectivity index (χ4v) is 2.28. The van der Waals surface area contributed by atoms with Gasteiger partial charge in [0.1, 0.15) is 19.3 Å². The molecule has 0 bridgehead atoms. The third kappa shape index (κ3) is 12.5. The zero-order chi connectivity index (χ0) is 18.0. The van der Waals surface area contributed by atoms with E-state index in [1.165, 1.54) is 25.8 Å². The molecule has 0 spiro atoms. The Morgan fingerprint density at radius 3 is 2.16 bits per heavy atom. The number of aliphatic hydroxyl groups excluding tert-OH is 1. The Bertz CT molecular complexity index is 446. The number of thioether (sulfide) groups is 1. The van der Waals surface area contributed by atoms with Crippen molar-refractivity contribution < 1.29 is 33.7 Å². The van der Waals surface area contributed by atoms with Crippen LogP contribution in [0.2, 0.25) is 0 Å². The van der Waals surface area contributed by atoms with Crippen LogP contribution >= 0.6 is 11.8 Å². The van der Waals surface area contributed by atoms with E-state index >= 15 is 0 Å². The van der Waals surface area contributed by atoms with E-state index in [1.54, 1.807) is 13.8 Å². The lowest BCUT2D eigenvalue weighted by Gasteiger charge is -2.20. The van der Waals surface area contributed by atoms with E-state index in [9.17, 15) is 19.5 Å². The molecule has 8 heteroatoms. The van der Waals surface area contributed by atoms with Crippen molar-refractivity contribution in [3.05, 3.63) is 12.2 Å². The fraction of sp³-hybridized carbons (Fsp3) is 0.706. The Morgan fingerprint density at radius 1 is 1.16 bits per heavy atom. The maximum absolute atomic E-state index is 11.5. The molecule has 0 aromatic carbocycles. The maximum Gasteiger partial charge on any atom is 0.333 e. The van der Waals surface area contributed by atoms with Gasteiger partial charge < -0.3 is 19.3 Å². The normalized spacial score (nSPS) is 11.2. The molecule has 148 valence electrons. The quantitative estimate of drug-likeness (QED) is 0.350. The number of esters is 3. The summed E-state index contributed by atoms with van der Waals surface area (Å²) in [6.45, 7) is 7.78. The van der Waals surface area contributed by atoms with Crippen LogP contribution in [0.15, 0.2) is 12.2 Å². The molecule has 0 amide bonds. The SMILES string of the molecule is C.C.C=C(C)C(=O)OCC(O)COC(=O)CSCC(C)(C)C(=O)OC. The lowest BCUT2D eigenvalue weighted by atomic mass is 9.97. The summed E-state index contributed by atoms with van der Waals surface area (Å²) in [7, 11) is 1.31. The third-order valence-electron chi connectivity index (χ3n) is 2.61. The van der Waals surface area contributed by atoms with Crippen molar-refractivity contribution in [2.45, 2.75) is 41.7 Å². The molecule has 0 radical (unpaired) electrons. The molecule has 0 saturated carbocycles. The molecule has 1 atom stereocenters. The van der Waals surface area contributed by atoms with Crippen LogP contribution in [0, 0.1) is 5.41 Å². The second-order valence-corrected chi connectivity index (χ2v) is 6.57. The molecule has 25 heavy (non-hydrogen) atoms. The molecule has 0 aromatic rings. The Morgan fingerprint density at radius 2 is 1.68 bits per heavy atom. The van der Waals surface area contributed by atoms with E-state index in [-0.39, 0.29) is 45.4 Å². The zero-order valence-electron chi connectivity index (χ0n) is 13.9. The van der Waals surface area contributed by atoms with Crippen LogP contribution in [-0.4, -0.2) is 60.9 Å². The van der Waals surface area contributed by atoms with Crippen LogP contribution in [0.25, 0.3) is 0 Å². The standard InChI is InChI=1S/C15H24O7S.2CH4/c1-10(2)13(18)22-7-11(16)6-21-12(17)8-23-9-15(3,4)14(19)20-5;;/h11,16H,1,6-9H2,2-5H3;2*1H4. The van der Waals surface area contributed by atoms with Crippen molar-refractivity contribution in [2.75, 3.05) is 31.8 Å². The summed E-state index contributed by atoms with van der Waals surface area (Å²) in [5, 5.41) is 9.54. The first-order valence-electron chi connectivity index (χ1n) is 6.92. The second kappa shape index (κ2) is 13.7. The van der Waals surface area contributed by atoms with Gasteiger partial charge in [-0.2, -0.15) is 0 Å². The fourth-order valence-electron chi connectivity index (χ4n) is 1.30. The molecule has 0 fully saturated rings. The molecule has 1 N–H and O–H groups in total. The minimum Gasteiger partial charge on any atom is -0.469 e. The summed E-state index contributed by atoms with van der Waals surface area (Å²) in [6, 6.07) is 0. The second-order valence-electron chi connectivity index (χ2n) is 5.58. The number of carbonyl (C=O) groups excluding carboxylic acids is 3. The van der Waals surface area contributed by atoms with Gasteiger partial charge in [0, 0.05) is 11.3 Å². The number of carbonyl (C=O) groups is 3. The summed E-state index contributed by atoms with van der Waals surface area (Å²) < 4.78 is 14.2. The molecule has 0 saturated heterocycles. The molecular formula is C17H32O7S. The summed E-state index contributed by atoms with van der Waals surface area (Å²) in [6.07, 6.45) is -1.10. The van der Waals surface area contributed by atoms with E-state index < -0.39 is 23.5 Å².